The number of rotatable bonds is 2. The number of terminal acetylenes is 1. The number of ether oxygens (including phenoxy) is 3. The van der Waals surface area contributed by atoms with E-state index < -0.39 is 6.36 Å². The molecule has 3 nitrogen and oxygen atoms in total. The molecule has 3 rings (SSSR count). The van der Waals surface area contributed by atoms with E-state index in [0.29, 0.717) is 28.2 Å². The Balaban J connectivity index is 1.96. The molecule has 1 heterocycles. The van der Waals surface area contributed by atoms with Crippen molar-refractivity contribution in [3.63, 3.8) is 0 Å². The molecule has 0 spiro atoms. The first-order valence-corrected chi connectivity index (χ1v) is 6.23. The van der Waals surface area contributed by atoms with Crippen molar-refractivity contribution in [1.82, 2.24) is 0 Å². The summed E-state index contributed by atoms with van der Waals surface area (Å²) in [6.07, 6.45) is 0.757. The molecule has 1 aliphatic heterocycles. The van der Waals surface area contributed by atoms with Crippen LogP contribution in [0.3, 0.4) is 0 Å². The van der Waals surface area contributed by atoms with Crippen LogP contribution in [0, 0.1) is 12.3 Å². The summed E-state index contributed by atoms with van der Waals surface area (Å²) in [5.74, 6) is 3.33. The maximum Gasteiger partial charge on any atom is 0.573 e. The highest BCUT2D eigenvalue weighted by molar-refractivity contribution is 5.75. The Morgan fingerprint density at radius 1 is 1.05 bits per heavy atom. The van der Waals surface area contributed by atoms with Gasteiger partial charge in [-0.25, -0.2) is 0 Å². The van der Waals surface area contributed by atoms with Crippen molar-refractivity contribution in [2.45, 2.75) is 6.36 Å². The van der Waals surface area contributed by atoms with Crippen molar-refractivity contribution in [3.05, 3.63) is 42.0 Å². The number of fused-ring (bicyclic) bond motifs is 1. The lowest BCUT2D eigenvalue weighted by atomic mass is 9.99. The molecule has 0 unspecified atom stereocenters. The van der Waals surface area contributed by atoms with E-state index in [4.69, 9.17) is 15.9 Å². The molecule has 0 fully saturated rings. The summed E-state index contributed by atoms with van der Waals surface area (Å²) in [7, 11) is 0. The number of alkyl halides is 3. The Morgan fingerprint density at radius 2 is 1.68 bits per heavy atom. The number of benzene rings is 2. The Morgan fingerprint density at radius 3 is 2.27 bits per heavy atom. The van der Waals surface area contributed by atoms with Crippen LogP contribution in [0.15, 0.2) is 36.4 Å². The minimum Gasteiger partial charge on any atom is -0.454 e. The van der Waals surface area contributed by atoms with Crippen LogP contribution in [0.4, 0.5) is 13.2 Å². The Labute approximate surface area is 124 Å². The third-order valence-electron chi connectivity index (χ3n) is 3.07. The molecule has 2 aromatic carbocycles. The maximum absolute atomic E-state index is 12.2. The molecule has 0 amide bonds. The molecule has 1 aliphatic rings. The first kappa shape index (κ1) is 14.1. The fourth-order valence-electron chi connectivity index (χ4n) is 2.14. The Hall–Kier alpha value is -2.81. The zero-order valence-electron chi connectivity index (χ0n) is 11.1. The smallest absolute Gasteiger partial charge is 0.454 e. The minimum absolute atomic E-state index is 0.112. The van der Waals surface area contributed by atoms with Crippen molar-refractivity contribution in [3.8, 4) is 40.7 Å². The second-order valence-corrected chi connectivity index (χ2v) is 4.47. The summed E-state index contributed by atoms with van der Waals surface area (Å²) >= 11 is 0. The van der Waals surface area contributed by atoms with Crippen molar-refractivity contribution < 1.29 is 27.4 Å². The summed E-state index contributed by atoms with van der Waals surface area (Å²) in [5.41, 5.74) is 1.89. The molecule has 0 saturated carbocycles. The van der Waals surface area contributed by atoms with Crippen molar-refractivity contribution in [1.29, 1.82) is 0 Å². The third-order valence-corrected chi connectivity index (χ3v) is 3.07. The van der Waals surface area contributed by atoms with Crippen LogP contribution in [-0.2, 0) is 0 Å². The third kappa shape index (κ3) is 2.79. The van der Waals surface area contributed by atoms with Crippen LogP contribution in [0.5, 0.6) is 17.2 Å². The van der Waals surface area contributed by atoms with E-state index in [1.807, 2.05) is 0 Å². The van der Waals surface area contributed by atoms with Gasteiger partial charge in [0, 0.05) is 17.2 Å². The molecule has 0 radical (unpaired) electrons. The van der Waals surface area contributed by atoms with Crippen molar-refractivity contribution in [2.24, 2.45) is 0 Å². The van der Waals surface area contributed by atoms with Gasteiger partial charge in [-0.1, -0.05) is 18.1 Å². The summed E-state index contributed by atoms with van der Waals surface area (Å²) < 4.78 is 50.8. The van der Waals surface area contributed by atoms with Gasteiger partial charge in [0.2, 0.25) is 6.79 Å². The average molecular weight is 306 g/mol. The Bertz CT molecular complexity index is 743. The van der Waals surface area contributed by atoms with Crippen LogP contribution in [0.25, 0.3) is 11.1 Å². The van der Waals surface area contributed by atoms with E-state index in [9.17, 15) is 13.2 Å². The van der Waals surface area contributed by atoms with Gasteiger partial charge in [0.25, 0.3) is 0 Å². The van der Waals surface area contributed by atoms with E-state index in [2.05, 4.69) is 10.7 Å². The van der Waals surface area contributed by atoms with Gasteiger partial charge in [-0.3, -0.25) is 0 Å². The predicted molar refractivity (Wildman–Crippen MR) is 72.6 cm³/mol. The van der Waals surface area contributed by atoms with Crippen molar-refractivity contribution >= 4 is 0 Å². The van der Waals surface area contributed by atoms with Crippen LogP contribution >= 0.6 is 0 Å². The molecule has 0 N–H and O–H groups in total. The standard InChI is InChI=1S/C16H9F3O3/c1-2-10-7-14-15(21-9-20-14)8-13(10)11-3-5-12(6-4-11)22-16(17,18)19/h1,3-8H,9H2. The molecule has 22 heavy (non-hydrogen) atoms. The van der Waals surface area contributed by atoms with Crippen LogP contribution in [0.2, 0.25) is 0 Å². The van der Waals surface area contributed by atoms with E-state index >= 15 is 0 Å². The highest BCUT2D eigenvalue weighted by Gasteiger charge is 2.31. The maximum atomic E-state index is 12.2. The average Bonchev–Trinajstić information content (AvgIpc) is 2.92. The molecule has 2 aromatic rings. The molecule has 0 atom stereocenters. The van der Waals surface area contributed by atoms with Gasteiger partial charge in [0.15, 0.2) is 11.5 Å². The quantitative estimate of drug-likeness (QED) is 0.786. The van der Waals surface area contributed by atoms with Crippen LogP contribution in [-0.4, -0.2) is 13.2 Å². The number of hydrogen-bond acceptors (Lipinski definition) is 3. The summed E-state index contributed by atoms with van der Waals surface area (Å²) in [4.78, 5) is 0. The zero-order valence-corrected chi connectivity index (χ0v) is 11.1. The molecule has 0 saturated heterocycles. The van der Waals surface area contributed by atoms with E-state index in [1.165, 1.54) is 24.3 Å². The fourth-order valence-corrected chi connectivity index (χ4v) is 2.14. The SMILES string of the molecule is C#Cc1cc2c(cc1-c1ccc(OC(F)(F)F)cc1)OCO2. The number of halogens is 3. The first-order valence-electron chi connectivity index (χ1n) is 6.23. The molecule has 0 aliphatic carbocycles. The molecule has 112 valence electrons. The van der Waals surface area contributed by atoms with Gasteiger partial charge in [-0.2, -0.15) is 0 Å². The molecule has 0 aromatic heterocycles. The normalized spacial score (nSPS) is 12.8. The van der Waals surface area contributed by atoms with E-state index in [-0.39, 0.29) is 12.5 Å². The molecular formula is C16H9F3O3. The van der Waals surface area contributed by atoms with Crippen molar-refractivity contribution in [2.75, 3.05) is 6.79 Å². The van der Waals surface area contributed by atoms with Gasteiger partial charge < -0.3 is 14.2 Å². The molecular weight excluding hydrogens is 297 g/mol. The van der Waals surface area contributed by atoms with Crippen LogP contribution < -0.4 is 14.2 Å². The van der Waals surface area contributed by atoms with Gasteiger partial charge in [-0.05, 0) is 23.8 Å². The highest BCUT2D eigenvalue weighted by atomic mass is 19.4. The summed E-state index contributed by atoms with van der Waals surface area (Å²) in [5, 5.41) is 0. The lowest BCUT2D eigenvalue weighted by Crippen LogP contribution is -2.16. The molecule has 6 heteroatoms. The molecule has 0 bridgehead atoms. The van der Waals surface area contributed by atoms with Gasteiger partial charge >= 0.3 is 6.36 Å². The Kier molecular flexibility index (Phi) is 3.33. The van der Waals surface area contributed by atoms with Crippen LogP contribution in [0.1, 0.15) is 5.56 Å². The predicted octanol–water partition coefficient (Wildman–Crippen LogP) is 3.96. The summed E-state index contributed by atoms with van der Waals surface area (Å²) in [6, 6.07) is 8.83. The monoisotopic (exact) mass is 306 g/mol. The topological polar surface area (TPSA) is 27.7 Å². The van der Waals surface area contributed by atoms with Gasteiger partial charge in [-0.15, -0.1) is 19.6 Å². The highest BCUT2D eigenvalue weighted by Crippen LogP contribution is 2.39. The second-order valence-electron chi connectivity index (χ2n) is 4.47. The first-order chi connectivity index (χ1) is 10.5. The van der Waals surface area contributed by atoms with Gasteiger partial charge in [0.1, 0.15) is 5.75 Å². The lowest BCUT2D eigenvalue weighted by molar-refractivity contribution is -0.274. The second kappa shape index (κ2) is 5.19. The largest absolute Gasteiger partial charge is 0.573 e. The fraction of sp³-hybridized carbons (Fsp3) is 0.125. The summed E-state index contributed by atoms with van der Waals surface area (Å²) in [6.45, 7) is 0.112. The lowest BCUT2D eigenvalue weighted by Gasteiger charge is -2.10. The number of hydrogen-bond donors (Lipinski definition) is 0. The van der Waals surface area contributed by atoms with E-state index in [1.54, 1.807) is 12.1 Å². The minimum atomic E-state index is -4.72. The van der Waals surface area contributed by atoms with Gasteiger partial charge in [0.05, 0.1) is 0 Å². The zero-order chi connectivity index (χ0) is 15.7. The van der Waals surface area contributed by atoms with E-state index in [0.717, 1.165) is 0 Å².